The molecule has 0 saturated carbocycles. The van der Waals surface area contributed by atoms with Gasteiger partial charge in [-0.1, -0.05) is 18.2 Å². The number of piperidine rings is 1. The Hall–Kier alpha value is -2.30. The van der Waals surface area contributed by atoms with Gasteiger partial charge in [0.2, 0.25) is 11.8 Å². The van der Waals surface area contributed by atoms with Gasteiger partial charge in [-0.3, -0.25) is 9.59 Å². The zero-order chi connectivity index (χ0) is 19.5. The lowest BCUT2D eigenvalue weighted by Gasteiger charge is -2.34. The van der Waals surface area contributed by atoms with Gasteiger partial charge in [0.05, 0.1) is 0 Å². The van der Waals surface area contributed by atoms with Gasteiger partial charge in [0.1, 0.15) is 0 Å². The van der Waals surface area contributed by atoms with E-state index in [4.69, 9.17) is 0 Å². The number of hydrogen-bond acceptors (Lipinski definition) is 2. The molecule has 1 aromatic carbocycles. The monoisotopic (exact) mass is 381 g/mol. The minimum Gasteiger partial charge on any atom is -0.361 e. The topological polar surface area (TPSA) is 56.4 Å². The first-order chi connectivity index (χ1) is 13.6. The summed E-state index contributed by atoms with van der Waals surface area (Å²) in [5.74, 6) is 1.78. The summed E-state index contributed by atoms with van der Waals surface area (Å²) < 4.78 is 0. The number of benzene rings is 1. The normalized spacial score (nSPS) is 20.8. The molecule has 1 atom stereocenters. The van der Waals surface area contributed by atoms with Gasteiger partial charge < -0.3 is 14.8 Å². The summed E-state index contributed by atoms with van der Waals surface area (Å²) in [6, 6.07) is 8.34. The van der Waals surface area contributed by atoms with Gasteiger partial charge >= 0.3 is 0 Å². The van der Waals surface area contributed by atoms with Gasteiger partial charge in [-0.05, 0) is 55.6 Å². The highest BCUT2D eigenvalue weighted by Gasteiger charge is 2.33. The first kappa shape index (κ1) is 19.0. The second-order valence-corrected chi connectivity index (χ2v) is 8.45. The fourth-order valence-corrected chi connectivity index (χ4v) is 5.01. The number of hydrogen-bond donors (Lipinski definition) is 1. The predicted molar refractivity (Wildman–Crippen MR) is 111 cm³/mol. The molecule has 2 aliphatic rings. The average Bonchev–Trinajstić information content (AvgIpc) is 3.36. The van der Waals surface area contributed by atoms with Crippen LogP contribution >= 0.6 is 0 Å². The Balaban J connectivity index is 1.22. The van der Waals surface area contributed by atoms with Gasteiger partial charge in [0.25, 0.3) is 0 Å². The molecule has 3 heterocycles. The number of rotatable bonds is 5. The van der Waals surface area contributed by atoms with Crippen molar-refractivity contribution in [3.05, 3.63) is 36.0 Å². The zero-order valence-electron chi connectivity index (χ0n) is 16.8. The highest BCUT2D eigenvalue weighted by atomic mass is 16.2. The lowest BCUT2D eigenvalue weighted by atomic mass is 9.84. The molecule has 0 spiro atoms. The molecular formula is C23H31N3O2. The van der Waals surface area contributed by atoms with E-state index in [9.17, 15) is 9.59 Å². The number of nitrogens with one attached hydrogen (secondary N) is 1. The van der Waals surface area contributed by atoms with E-state index < -0.39 is 0 Å². The molecule has 2 aliphatic heterocycles. The van der Waals surface area contributed by atoms with Crippen LogP contribution in [-0.4, -0.2) is 52.8 Å². The van der Waals surface area contributed by atoms with Crippen LogP contribution in [0.5, 0.6) is 0 Å². The summed E-state index contributed by atoms with van der Waals surface area (Å²) >= 11 is 0. The van der Waals surface area contributed by atoms with Crippen LogP contribution in [0.25, 0.3) is 10.9 Å². The molecule has 1 aromatic heterocycles. The molecule has 0 radical (unpaired) electrons. The van der Waals surface area contributed by atoms with Crippen molar-refractivity contribution in [1.29, 1.82) is 0 Å². The van der Waals surface area contributed by atoms with Gasteiger partial charge in [0.15, 0.2) is 0 Å². The highest BCUT2D eigenvalue weighted by Crippen LogP contribution is 2.32. The number of nitrogens with zero attached hydrogens (tertiary/aromatic N) is 2. The Bertz CT molecular complexity index is 835. The van der Waals surface area contributed by atoms with E-state index in [1.807, 2.05) is 11.0 Å². The summed E-state index contributed by atoms with van der Waals surface area (Å²) in [4.78, 5) is 31.5. The molecule has 1 N–H and O–H groups in total. The molecule has 2 saturated heterocycles. The SMILES string of the molecule is CC(=O)N1CCC(C2CCN(C(=O)CCCc3c[nH]c4ccccc34)C2)CC1. The van der Waals surface area contributed by atoms with Crippen LogP contribution in [0.1, 0.15) is 44.6 Å². The standard InChI is InChI=1S/C23H31N3O2/c1-17(27)25-12-9-18(10-13-25)20-11-14-26(16-20)23(28)8-4-5-19-15-24-22-7-3-2-6-21(19)22/h2-3,6-7,15,18,20,24H,4-5,8-14,16H2,1H3. The second kappa shape index (κ2) is 8.38. The summed E-state index contributed by atoms with van der Waals surface area (Å²) in [6.07, 6.45) is 7.86. The van der Waals surface area contributed by atoms with Crippen LogP contribution in [-0.2, 0) is 16.0 Å². The van der Waals surface area contributed by atoms with E-state index >= 15 is 0 Å². The predicted octanol–water partition coefficient (Wildman–Crippen LogP) is 3.60. The number of para-hydroxylation sites is 1. The number of aromatic nitrogens is 1. The zero-order valence-corrected chi connectivity index (χ0v) is 16.8. The maximum absolute atomic E-state index is 12.7. The van der Waals surface area contributed by atoms with E-state index in [0.29, 0.717) is 24.2 Å². The van der Waals surface area contributed by atoms with Crippen molar-refractivity contribution < 1.29 is 9.59 Å². The van der Waals surface area contributed by atoms with Crippen LogP contribution in [0.15, 0.2) is 30.5 Å². The largest absolute Gasteiger partial charge is 0.361 e. The van der Waals surface area contributed by atoms with Crippen LogP contribution in [0.2, 0.25) is 0 Å². The quantitative estimate of drug-likeness (QED) is 0.860. The van der Waals surface area contributed by atoms with Gasteiger partial charge in [-0.2, -0.15) is 0 Å². The number of likely N-dealkylation sites (tertiary alicyclic amines) is 2. The maximum atomic E-state index is 12.7. The molecule has 5 nitrogen and oxygen atoms in total. The fraction of sp³-hybridized carbons (Fsp3) is 0.565. The van der Waals surface area contributed by atoms with Crippen molar-refractivity contribution in [2.75, 3.05) is 26.2 Å². The number of fused-ring (bicyclic) bond motifs is 1. The molecule has 5 heteroatoms. The molecule has 2 amide bonds. The molecule has 4 rings (SSSR count). The van der Waals surface area contributed by atoms with Gasteiger partial charge in [-0.25, -0.2) is 0 Å². The Morgan fingerprint density at radius 1 is 1.04 bits per heavy atom. The van der Waals surface area contributed by atoms with Gasteiger partial charge in [0, 0.05) is 56.6 Å². The van der Waals surface area contributed by atoms with Crippen LogP contribution in [0.4, 0.5) is 0 Å². The Labute approximate surface area is 167 Å². The number of aromatic amines is 1. The fourth-order valence-electron chi connectivity index (χ4n) is 5.01. The molecule has 0 aliphatic carbocycles. The molecule has 2 fully saturated rings. The molecule has 2 aromatic rings. The van der Waals surface area contributed by atoms with Crippen molar-refractivity contribution in [2.24, 2.45) is 11.8 Å². The minimum atomic E-state index is 0.192. The first-order valence-electron chi connectivity index (χ1n) is 10.7. The van der Waals surface area contributed by atoms with Crippen molar-refractivity contribution in [3.63, 3.8) is 0 Å². The highest BCUT2D eigenvalue weighted by molar-refractivity contribution is 5.83. The number of amides is 2. The third-order valence-electron chi connectivity index (χ3n) is 6.74. The first-order valence-corrected chi connectivity index (χ1v) is 10.7. The summed E-state index contributed by atoms with van der Waals surface area (Å²) in [5, 5.41) is 1.27. The van der Waals surface area contributed by atoms with Crippen molar-refractivity contribution >= 4 is 22.7 Å². The molecule has 1 unspecified atom stereocenters. The molecule has 150 valence electrons. The number of carbonyl (C=O) groups is 2. The lowest BCUT2D eigenvalue weighted by Crippen LogP contribution is -2.39. The molecule has 0 bridgehead atoms. The van der Waals surface area contributed by atoms with E-state index in [1.165, 1.54) is 16.5 Å². The average molecular weight is 382 g/mol. The Morgan fingerprint density at radius 3 is 2.54 bits per heavy atom. The Morgan fingerprint density at radius 2 is 1.75 bits per heavy atom. The molecular weight excluding hydrogens is 350 g/mol. The van der Waals surface area contributed by atoms with Crippen LogP contribution in [0.3, 0.4) is 0 Å². The summed E-state index contributed by atoms with van der Waals surface area (Å²) in [7, 11) is 0. The van der Waals surface area contributed by atoms with Crippen molar-refractivity contribution in [1.82, 2.24) is 14.8 Å². The second-order valence-electron chi connectivity index (χ2n) is 8.45. The molecule has 28 heavy (non-hydrogen) atoms. The minimum absolute atomic E-state index is 0.192. The number of aryl methyl sites for hydroxylation is 1. The van der Waals surface area contributed by atoms with E-state index in [0.717, 1.165) is 58.3 Å². The summed E-state index contributed by atoms with van der Waals surface area (Å²) in [5.41, 5.74) is 2.47. The van der Waals surface area contributed by atoms with E-state index in [2.05, 4.69) is 34.3 Å². The third kappa shape index (κ3) is 4.08. The number of H-pyrrole nitrogens is 1. The number of carbonyl (C=O) groups excluding carboxylic acids is 2. The van der Waals surface area contributed by atoms with E-state index in [1.54, 1.807) is 6.92 Å². The third-order valence-corrected chi connectivity index (χ3v) is 6.74. The van der Waals surface area contributed by atoms with Crippen LogP contribution in [0, 0.1) is 11.8 Å². The van der Waals surface area contributed by atoms with Gasteiger partial charge in [-0.15, -0.1) is 0 Å². The van der Waals surface area contributed by atoms with Crippen molar-refractivity contribution in [2.45, 2.75) is 45.4 Å². The lowest BCUT2D eigenvalue weighted by molar-refractivity contribution is -0.130. The smallest absolute Gasteiger partial charge is 0.222 e. The van der Waals surface area contributed by atoms with Crippen LogP contribution < -0.4 is 0 Å². The van der Waals surface area contributed by atoms with E-state index in [-0.39, 0.29) is 5.91 Å². The Kier molecular flexibility index (Phi) is 5.69. The summed E-state index contributed by atoms with van der Waals surface area (Å²) in [6.45, 7) is 5.25. The van der Waals surface area contributed by atoms with Crippen molar-refractivity contribution in [3.8, 4) is 0 Å². The maximum Gasteiger partial charge on any atom is 0.222 e.